The van der Waals surface area contributed by atoms with E-state index in [1.165, 1.54) is 25.7 Å². The maximum atomic E-state index is 5.09. The number of rotatable bonds is 2. The van der Waals surface area contributed by atoms with Crippen LogP contribution in [-0.2, 0) is 4.74 Å². The molecule has 1 aliphatic rings. The van der Waals surface area contributed by atoms with Crippen LogP contribution >= 0.6 is 12.6 Å². The van der Waals surface area contributed by atoms with Gasteiger partial charge in [0.1, 0.15) is 0 Å². The van der Waals surface area contributed by atoms with E-state index in [9.17, 15) is 0 Å². The summed E-state index contributed by atoms with van der Waals surface area (Å²) in [6.07, 6.45) is 5.16. The van der Waals surface area contributed by atoms with Crippen molar-refractivity contribution in [1.82, 2.24) is 0 Å². The number of hydrogen-bond donors (Lipinski definition) is 1. The third kappa shape index (κ3) is 2.51. The molecular weight excluding hydrogens is 144 g/mol. The summed E-state index contributed by atoms with van der Waals surface area (Å²) >= 11 is 4.43. The van der Waals surface area contributed by atoms with Crippen LogP contribution in [0.1, 0.15) is 25.7 Å². The van der Waals surface area contributed by atoms with Crippen LogP contribution in [0, 0.1) is 5.92 Å². The average Bonchev–Trinajstić information content (AvgIpc) is 1.95. The Hall–Kier alpha value is 0.310. The van der Waals surface area contributed by atoms with Gasteiger partial charge in [-0.05, 0) is 31.6 Å². The molecular formula is C8H16OS. The van der Waals surface area contributed by atoms with E-state index in [1.807, 2.05) is 0 Å². The predicted molar refractivity (Wildman–Crippen MR) is 46.6 cm³/mol. The fourth-order valence-corrected chi connectivity index (χ4v) is 1.85. The second kappa shape index (κ2) is 4.24. The van der Waals surface area contributed by atoms with Gasteiger partial charge in [-0.25, -0.2) is 0 Å². The van der Waals surface area contributed by atoms with E-state index in [-0.39, 0.29) is 0 Å². The Morgan fingerprint density at radius 2 is 1.90 bits per heavy atom. The van der Waals surface area contributed by atoms with Gasteiger partial charge < -0.3 is 4.74 Å². The minimum absolute atomic E-state index is 0.660. The molecule has 10 heavy (non-hydrogen) atoms. The van der Waals surface area contributed by atoms with E-state index in [0.29, 0.717) is 5.25 Å². The normalized spacial score (nSPS) is 34.2. The number of methoxy groups -OCH3 is 1. The first-order chi connectivity index (χ1) is 4.83. The first-order valence-corrected chi connectivity index (χ1v) is 4.51. The molecule has 0 unspecified atom stereocenters. The summed E-state index contributed by atoms with van der Waals surface area (Å²) in [5, 5.41) is 0.660. The molecule has 2 heteroatoms. The molecule has 1 fully saturated rings. The van der Waals surface area contributed by atoms with Crippen LogP contribution in [0.15, 0.2) is 0 Å². The molecule has 1 nitrogen and oxygen atoms in total. The smallest absolute Gasteiger partial charge is 0.0490 e. The van der Waals surface area contributed by atoms with Crippen LogP contribution in [0.25, 0.3) is 0 Å². The summed E-state index contributed by atoms with van der Waals surface area (Å²) in [6, 6.07) is 0. The number of thiol groups is 1. The molecule has 1 aliphatic carbocycles. The molecule has 0 radical (unpaired) electrons. The van der Waals surface area contributed by atoms with E-state index in [2.05, 4.69) is 12.6 Å². The Labute approximate surface area is 68.6 Å². The van der Waals surface area contributed by atoms with E-state index in [0.717, 1.165) is 12.5 Å². The third-order valence-electron chi connectivity index (χ3n) is 2.22. The number of ether oxygens (including phenoxy) is 1. The van der Waals surface area contributed by atoms with Crippen LogP contribution in [0.4, 0.5) is 0 Å². The molecule has 0 bridgehead atoms. The van der Waals surface area contributed by atoms with E-state index >= 15 is 0 Å². The Morgan fingerprint density at radius 1 is 1.30 bits per heavy atom. The van der Waals surface area contributed by atoms with Crippen LogP contribution in [0.5, 0.6) is 0 Å². The van der Waals surface area contributed by atoms with Crippen molar-refractivity contribution >= 4 is 12.6 Å². The maximum absolute atomic E-state index is 5.09. The summed E-state index contributed by atoms with van der Waals surface area (Å²) in [5.74, 6) is 0.813. The van der Waals surface area contributed by atoms with E-state index in [1.54, 1.807) is 7.11 Å². The Bertz CT molecular complexity index is 87.3. The van der Waals surface area contributed by atoms with Crippen molar-refractivity contribution in [1.29, 1.82) is 0 Å². The zero-order chi connectivity index (χ0) is 7.40. The highest BCUT2D eigenvalue weighted by Crippen LogP contribution is 2.27. The van der Waals surface area contributed by atoms with Crippen molar-refractivity contribution in [2.24, 2.45) is 5.92 Å². The molecule has 0 heterocycles. The van der Waals surface area contributed by atoms with Gasteiger partial charge in [0.25, 0.3) is 0 Å². The van der Waals surface area contributed by atoms with Crippen LogP contribution < -0.4 is 0 Å². The standard InChI is InChI=1S/C8H16OS/c1-9-6-7-2-4-8(10)5-3-7/h7-8,10H,2-6H2,1H3. The summed E-state index contributed by atoms with van der Waals surface area (Å²) < 4.78 is 5.09. The second-order valence-corrected chi connectivity index (χ2v) is 3.86. The van der Waals surface area contributed by atoms with Crippen molar-refractivity contribution in [2.75, 3.05) is 13.7 Å². The van der Waals surface area contributed by atoms with Gasteiger partial charge in [0.2, 0.25) is 0 Å². The SMILES string of the molecule is COCC1CCC(S)CC1. The highest BCUT2D eigenvalue weighted by Gasteiger charge is 2.17. The highest BCUT2D eigenvalue weighted by atomic mass is 32.1. The van der Waals surface area contributed by atoms with Crippen molar-refractivity contribution in [3.8, 4) is 0 Å². The Morgan fingerprint density at radius 3 is 2.40 bits per heavy atom. The minimum atomic E-state index is 0.660. The summed E-state index contributed by atoms with van der Waals surface area (Å²) in [4.78, 5) is 0. The zero-order valence-corrected chi connectivity index (χ0v) is 7.44. The van der Waals surface area contributed by atoms with Crippen LogP contribution in [0.2, 0.25) is 0 Å². The average molecular weight is 160 g/mol. The Kier molecular flexibility index (Phi) is 3.57. The zero-order valence-electron chi connectivity index (χ0n) is 6.55. The molecule has 0 saturated heterocycles. The fourth-order valence-electron chi connectivity index (χ4n) is 1.55. The quantitative estimate of drug-likeness (QED) is 0.609. The van der Waals surface area contributed by atoms with Gasteiger partial charge in [0, 0.05) is 19.0 Å². The van der Waals surface area contributed by atoms with Gasteiger partial charge in [0.05, 0.1) is 0 Å². The summed E-state index contributed by atoms with van der Waals surface area (Å²) in [5.41, 5.74) is 0. The first-order valence-electron chi connectivity index (χ1n) is 4.00. The predicted octanol–water partition coefficient (Wildman–Crippen LogP) is 2.12. The molecule has 60 valence electrons. The van der Waals surface area contributed by atoms with Crippen molar-refractivity contribution in [2.45, 2.75) is 30.9 Å². The van der Waals surface area contributed by atoms with Gasteiger partial charge in [-0.15, -0.1) is 0 Å². The molecule has 0 aromatic carbocycles. The maximum Gasteiger partial charge on any atom is 0.0490 e. The van der Waals surface area contributed by atoms with Crippen LogP contribution in [0.3, 0.4) is 0 Å². The van der Waals surface area contributed by atoms with E-state index < -0.39 is 0 Å². The third-order valence-corrected chi connectivity index (χ3v) is 2.74. The first kappa shape index (κ1) is 8.41. The van der Waals surface area contributed by atoms with Gasteiger partial charge in [-0.2, -0.15) is 12.6 Å². The molecule has 0 aromatic heterocycles. The lowest BCUT2D eigenvalue weighted by Crippen LogP contribution is -2.17. The van der Waals surface area contributed by atoms with Gasteiger partial charge in [-0.3, -0.25) is 0 Å². The van der Waals surface area contributed by atoms with Crippen LogP contribution in [-0.4, -0.2) is 19.0 Å². The van der Waals surface area contributed by atoms with E-state index in [4.69, 9.17) is 4.74 Å². The minimum Gasteiger partial charge on any atom is -0.384 e. The molecule has 1 saturated carbocycles. The summed E-state index contributed by atoms with van der Waals surface area (Å²) in [6.45, 7) is 0.945. The molecule has 0 aliphatic heterocycles. The van der Waals surface area contributed by atoms with Gasteiger partial charge >= 0.3 is 0 Å². The molecule has 0 aromatic rings. The highest BCUT2D eigenvalue weighted by molar-refractivity contribution is 7.80. The Balaban J connectivity index is 2.13. The topological polar surface area (TPSA) is 9.23 Å². The molecule has 0 amide bonds. The summed E-state index contributed by atoms with van der Waals surface area (Å²) in [7, 11) is 1.78. The lowest BCUT2D eigenvalue weighted by atomic mass is 9.90. The van der Waals surface area contributed by atoms with Crippen molar-refractivity contribution < 1.29 is 4.74 Å². The van der Waals surface area contributed by atoms with Crippen molar-refractivity contribution in [3.63, 3.8) is 0 Å². The largest absolute Gasteiger partial charge is 0.384 e. The fraction of sp³-hybridized carbons (Fsp3) is 1.00. The molecule has 0 spiro atoms. The molecule has 1 rings (SSSR count). The lowest BCUT2D eigenvalue weighted by Gasteiger charge is -2.24. The molecule has 0 atom stereocenters. The molecule has 0 N–H and O–H groups in total. The van der Waals surface area contributed by atoms with Gasteiger partial charge in [-0.1, -0.05) is 0 Å². The monoisotopic (exact) mass is 160 g/mol. The van der Waals surface area contributed by atoms with Gasteiger partial charge in [0.15, 0.2) is 0 Å². The second-order valence-electron chi connectivity index (χ2n) is 3.13. The van der Waals surface area contributed by atoms with Crippen molar-refractivity contribution in [3.05, 3.63) is 0 Å². The number of hydrogen-bond acceptors (Lipinski definition) is 2. The lowest BCUT2D eigenvalue weighted by molar-refractivity contribution is 0.132.